The third kappa shape index (κ3) is 39.4. The molecule has 0 heterocycles. The Bertz CT molecular complexity index is 30.6. The van der Waals surface area contributed by atoms with Crippen LogP contribution in [0, 0.1) is 0 Å². The summed E-state index contributed by atoms with van der Waals surface area (Å²) in [5.74, 6) is 0. The zero-order chi connectivity index (χ0) is 3.58. The van der Waals surface area contributed by atoms with E-state index in [0.29, 0.717) is 0 Å². The predicted octanol–water partition coefficient (Wildman–Crippen LogP) is 1.59. The first kappa shape index (κ1) is 9.46. The zero-order valence-electron chi connectivity index (χ0n) is 2.69. The van der Waals surface area contributed by atoms with E-state index in [-0.39, 0.29) is 27.8 Å². The highest BCUT2D eigenvalue weighted by Gasteiger charge is 1.66. The van der Waals surface area contributed by atoms with Crippen molar-refractivity contribution in [3.8, 4) is 0 Å². The Labute approximate surface area is 61.7 Å². The van der Waals surface area contributed by atoms with Gasteiger partial charge < -0.3 is 0 Å². The van der Waals surface area contributed by atoms with Crippen LogP contribution in [0.4, 0.5) is 0 Å². The van der Waals surface area contributed by atoms with Gasteiger partial charge >= 0.3 is 0 Å². The monoisotopic (exact) mass is 298 g/mol. The lowest BCUT2D eigenvalue weighted by molar-refractivity contribution is -0.107. The summed E-state index contributed by atoms with van der Waals surface area (Å²) in [6, 6.07) is 0. The van der Waals surface area contributed by atoms with Gasteiger partial charge in [0.1, 0.15) is 0 Å². The van der Waals surface area contributed by atoms with Gasteiger partial charge in [0.05, 0.1) is 0 Å². The zero-order valence-corrected chi connectivity index (χ0v) is 7.18. The van der Waals surface area contributed by atoms with Crippen molar-refractivity contribution >= 4 is 50.4 Å². The van der Waals surface area contributed by atoms with Crippen LogP contribution in [0.1, 0.15) is 6.92 Å². The maximum atomic E-state index is 9.43. The molecule has 32 valence electrons. The van der Waals surface area contributed by atoms with Crippen LogP contribution in [0.15, 0.2) is 0 Å². The second-order valence-corrected chi connectivity index (χ2v) is 1.99. The Hall–Kier alpha value is 1.13. The summed E-state index contributed by atoms with van der Waals surface area (Å²) >= 11 is 1.70. The highest BCUT2D eigenvalue weighted by atomic mass is 127. The van der Waals surface area contributed by atoms with Gasteiger partial charge in [-0.15, -0.1) is 24.0 Å². The molecular weight excluding hydrogens is 294 g/mol. The molecule has 0 bridgehead atoms. The Kier molecular flexibility index (Phi) is 9.70. The largest absolute Gasteiger partial charge is 0.288 e. The molecule has 0 aliphatic heterocycles. The van der Waals surface area contributed by atoms with E-state index in [0.717, 1.165) is 0 Å². The highest BCUT2D eigenvalue weighted by molar-refractivity contribution is 14.1. The van der Waals surface area contributed by atoms with Crippen molar-refractivity contribution in [2.45, 2.75) is 6.92 Å². The van der Waals surface area contributed by atoms with E-state index in [1.165, 1.54) is 6.92 Å². The van der Waals surface area contributed by atoms with Crippen LogP contribution in [0.2, 0.25) is 0 Å². The summed E-state index contributed by atoms with van der Waals surface area (Å²) in [7, 11) is 0. The van der Waals surface area contributed by atoms with Crippen molar-refractivity contribution in [3.63, 3.8) is 0 Å². The fraction of sp³-hybridized carbons (Fsp3) is 0.500. The molecule has 5 heavy (non-hydrogen) atoms. The molecule has 0 unspecified atom stereocenters. The topological polar surface area (TPSA) is 17.1 Å². The summed E-state index contributed by atoms with van der Waals surface area (Å²) in [5, 5.41) is 0. The molecule has 3 heteroatoms. The quantitative estimate of drug-likeness (QED) is 0.490. The Balaban J connectivity index is 0. The molecule has 0 aliphatic carbocycles. The minimum atomic E-state index is 0. The number of hydrogen-bond donors (Lipinski definition) is 0. The maximum absolute atomic E-state index is 9.43. The predicted molar refractivity (Wildman–Crippen MR) is 40.1 cm³/mol. The van der Waals surface area contributed by atoms with Crippen molar-refractivity contribution in [2.75, 3.05) is 0 Å². The molecule has 0 aromatic rings. The van der Waals surface area contributed by atoms with Crippen molar-refractivity contribution < 1.29 is 4.79 Å². The standard InChI is InChI=1S/C2H3IO.HI/c1-2(3)4;/h1H3;1H. The maximum Gasteiger partial charge on any atom is 0.189 e. The summed E-state index contributed by atoms with van der Waals surface area (Å²) < 4.78 is 0.137. The number of halogens is 2. The highest BCUT2D eigenvalue weighted by Crippen LogP contribution is 1.76. The molecule has 0 N–H and O–H groups in total. The van der Waals surface area contributed by atoms with Crippen LogP contribution in [-0.2, 0) is 4.79 Å². The fourth-order valence-electron chi connectivity index (χ4n) is 0. The molecule has 0 amide bonds. The third-order valence-electron chi connectivity index (χ3n) is 0. The van der Waals surface area contributed by atoms with Crippen LogP contribution >= 0.6 is 46.6 Å². The molecule has 0 fully saturated rings. The lowest BCUT2D eigenvalue weighted by Gasteiger charge is -1.52. The van der Waals surface area contributed by atoms with Crippen molar-refractivity contribution in [2.24, 2.45) is 0 Å². The first-order valence-corrected chi connectivity index (χ1v) is 1.97. The molecular formula is C2H4I2O. The molecule has 0 radical (unpaired) electrons. The van der Waals surface area contributed by atoms with Crippen LogP contribution in [0.25, 0.3) is 0 Å². The summed E-state index contributed by atoms with van der Waals surface area (Å²) in [6.07, 6.45) is 0. The van der Waals surface area contributed by atoms with Crippen LogP contribution in [0.5, 0.6) is 0 Å². The lowest BCUT2D eigenvalue weighted by atomic mass is 11.0. The third-order valence-corrected chi connectivity index (χ3v) is 0. The number of carbonyl (C=O) groups is 1. The smallest absolute Gasteiger partial charge is 0.189 e. The van der Waals surface area contributed by atoms with E-state index in [1.54, 1.807) is 22.6 Å². The molecule has 1 nitrogen and oxygen atoms in total. The van der Waals surface area contributed by atoms with Gasteiger partial charge in [0.25, 0.3) is 0 Å². The minimum Gasteiger partial charge on any atom is -0.288 e. The summed E-state index contributed by atoms with van der Waals surface area (Å²) in [6.45, 7) is 1.51. The molecule has 0 aliphatic rings. The molecule has 0 saturated heterocycles. The lowest BCUT2D eigenvalue weighted by Crippen LogP contribution is -1.60. The van der Waals surface area contributed by atoms with E-state index in [9.17, 15) is 4.79 Å². The summed E-state index contributed by atoms with van der Waals surface area (Å²) in [4.78, 5) is 9.43. The van der Waals surface area contributed by atoms with Gasteiger partial charge in [-0.1, -0.05) is 0 Å². The number of hydrogen-bond acceptors (Lipinski definition) is 1. The SMILES string of the molecule is CC(=O)I.I. The normalized spacial score (nSPS) is 5.20. The molecule has 0 aromatic heterocycles. The molecule has 0 spiro atoms. The van der Waals surface area contributed by atoms with E-state index in [4.69, 9.17) is 0 Å². The number of carbonyl (C=O) groups excluding carboxylic acids is 1. The minimum absolute atomic E-state index is 0. The Morgan fingerprint density at radius 2 is 1.80 bits per heavy atom. The van der Waals surface area contributed by atoms with Gasteiger partial charge in [-0.3, -0.25) is 4.79 Å². The van der Waals surface area contributed by atoms with Gasteiger partial charge in [0.15, 0.2) is 3.79 Å². The van der Waals surface area contributed by atoms with Gasteiger partial charge in [-0.25, -0.2) is 0 Å². The van der Waals surface area contributed by atoms with Gasteiger partial charge in [0, 0.05) is 6.92 Å². The molecule has 0 aromatic carbocycles. The van der Waals surface area contributed by atoms with Crippen molar-refractivity contribution in [3.05, 3.63) is 0 Å². The summed E-state index contributed by atoms with van der Waals surface area (Å²) in [5.41, 5.74) is 0. The Morgan fingerprint density at radius 3 is 1.80 bits per heavy atom. The van der Waals surface area contributed by atoms with E-state index in [1.807, 2.05) is 0 Å². The molecule has 0 atom stereocenters. The van der Waals surface area contributed by atoms with E-state index in [2.05, 4.69) is 0 Å². The second-order valence-electron chi connectivity index (χ2n) is 0.470. The molecule has 0 rings (SSSR count). The fourth-order valence-corrected chi connectivity index (χ4v) is 0. The van der Waals surface area contributed by atoms with Crippen molar-refractivity contribution in [1.29, 1.82) is 0 Å². The van der Waals surface area contributed by atoms with E-state index < -0.39 is 0 Å². The van der Waals surface area contributed by atoms with Crippen LogP contribution in [-0.4, -0.2) is 3.79 Å². The first-order valence-electron chi connectivity index (χ1n) is 0.893. The number of rotatable bonds is 0. The van der Waals surface area contributed by atoms with Crippen LogP contribution in [0.3, 0.4) is 0 Å². The van der Waals surface area contributed by atoms with Crippen molar-refractivity contribution in [1.82, 2.24) is 0 Å². The van der Waals surface area contributed by atoms with Gasteiger partial charge in [-0.2, -0.15) is 0 Å². The molecule has 0 saturated carbocycles. The first-order chi connectivity index (χ1) is 1.73. The van der Waals surface area contributed by atoms with Gasteiger partial charge in [-0.05, 0) is 22.6 Å². The second kappa shape index (κ2) is 5.13. The van der Waals surface area contributed by atoms with Gasteiger partial charge in [0.2, 0.25) is 0 Å². The van der Waals surface area contributed by atoms with E-state index >= 15 is 0 Å². The Morgan fingerprint density at radius 1 is 1.80 bits per heavy atom. The van der Waals surface area contributed by atoms with Crippen LogP contribution < -0.4 is 0 Å². The average Bonchev–Trinajstić information content (AvgIpc) is 0.811. The average molecular weight is 298 g/mol.